The molecule has 0 amide bonds. The van der Waals surface area contributed by atoms with Crippen molar-refractivity contribution < 1.29 is 9.84 Å². The molecule has 2 atom stereocenters. The lowest BCUT2D eigenvalue weighted by molar-refractivity contribution is -0.0620. The smallest absolute Gasteiger partial charge is 0.120 e. The standard InChI is InChI=1S/C22H29NO2/c1-23(2)16-20-11-6-7-14-22(20,24)19-12-8-13-21(15-19)25-17-18-9-4-3-5-10-18/h3-5,8-10,12-13,15,20,24H,6-7,11,14,16-17H2,1-2H3. The first kappa shape index (κ1) is 18.0. The van der Waals surface area contributed by atoms with Gasteiger partial charge >= 0.3 is 0 Å². The summed E-state index contributed by atoms with van der Waals surface area (Å²) >= 11 is 0. The monoisotopic (exact) mass is 339 g/mol. The van der Waals surface area contributed by atoms with Gasteiger partial charge in [0.25, 0.3) is 0 Å². The Balaban J connectivity index is 1.76. The Morgan fingerprint density at radius 2 is 1.88 bits per heavy atom. The predicted octanol–water partition coefficient (Wildman–Crippen LogP) is 4.21. The number of benzene rings is 2. The van der Waals surface area contributed by atoms with E-state index in [-0.39, 0.29) is 5.92 Å². The van der Waals surface area contributed by atoms with Crippen molar-refractivity contribution in [2.24, 2.45) is 5.92 Å². The highest BCUT2D eigenvalue weighted by atomic mass is 16.5. The maximum absolute atomic E-state index is 11.5. The number of aliphatic hydroxyl groups is 1. The normalized spacial score (nSPS) is 23.6. The maximum atomic E-state index is 11.5. The number of hydrogen-bond acceptors (Lipinski definition) is 3. The van der Waals surface area contributed by atoms with E-state index in [2.05, 4.69) is 31.1 Å². The molecule has 1 N–H and O–H groups in total. The first-order valence-electron chi connectivity index (χ1n) is 9.22. The average Bonchev–Trinajstić information content (AvgIpc) is 2.63. The zero-order chi connectivity index (χ0) is 17.7. The number of nitrogens with zero attached hydrogens (tertiary/aromatic N) is 1. The third-order valence-electron chi connectivity index (χ3n) is 5.20. The van der Waals surface area contributed by atoms with Gasteiger partial charge in [-0.3, -0.25) is 0 Å². The molecule has 0 aromatic heterocycles. The fourth-order valence-corrected chi connectivity index (χ4v) is 3.89. The quantitative estimate of drug-likeness (QED) is 0.856. The van der Waals surface area contributed by atoms with E-state index in [1.54, 1.807) is 0 Å². The molecule has 2 aromatic carbocycles. The van der Waals surface area contributed by atoms with E-state index in [1.165, 1.54) is 6.42 Å². The molecule has 2 unspecified atom stereocenters. The van der Waals surface area contributed by atoms with E-state index in [4.69, 9.17) is 4.74 Å². The molecule has 0 heterocycles. The van der Waals surface area contributed by atoms with Crippen molar-refractivity contribution in [3.05, 3.63) is 65.7 Å². The Labute approximate surface area is 151 Å². The summed E-state index contributed by atoms with van der Waals surface area (Å²) in [4.78, 5) is 2.18. The van der Waals surface area contributed by atoms with Crippen LogP contribution in [0.5, 0.6) is 5.75 Å². The van der Waals surface area contributed by atoms with Crippen molar-refractivity contribution >= 4 is 0 Å². The molecule has 1 saturated carbocycles. The van der Waals surface area contributed by atoms with Crippen LogP contribution in [-0.4, -0.2) is 30.6 Å². The van der Waals surface area contributed by atoms with E-state index < -0.39 is 5.60 Å². The third-order valence-corrected chi connectivity index (χ3v) is 5.20. The summed E-state index contributed by atoms with van der Waals surface area (Å²) in [5.74, 6) is 1.09. The minimum Gasteiger partial charge on any atom is -0.489 e. The van der Waals surface area contributed by atoms with Crippen LogP contribution in [0.25, 0.3) is 0 Å². The first-order chi connectivity index (χ1) is 12.1. The van der Waals surface area contributed by atoms with E-state index in [9.17, 15) is 5.11 Å². The van der Waals surface area contributed by atoms with Gasteiger partial charge in [-0.1, -0.05) is 55.3 Å². The number of rotatable bonds is 6. The molecule has 3 heteroatoms. The lowest BCUT2D eigenvalue weighted by atomic mass is 9.71. The van der Waals surface area contributed by atoms with E-state index in [0.29, 0.717) is 6.61 Å². The minimum atomic E-state index is -0.755. The van der Waals surface area contributed by atoms with Gasteiger partial charge in [0.1, 0.15) is 12.4 Å². The van der Waals surface area contributed by atoms with Crippen LogP contribution in [0.3, 0.4) is 0 Å². The van der Waals surface area contributed by atoms with Crippen molar-refractivity contribution in [1.82, 2.24) is 4.90 Å². The second kappa shape index (κ2) is 8.03. The summed E-state index contributed by atoms with van der Waals surface area (Å²) in [6.07, 6.45) is 4.18. The highest BCUT2D eigenvalue weighted by molar-refractivity contribution is 5.33. The zero-order valence-electron chi connectivity index (χ0n) is 15.3. The molecule has 0 spiro atoms. The van der Waals surface area contributed by atoms with Crippen LogP contribution in [0, 0.1) is 5.92 Å². The Morgan fingerprint density at radius 3 is 2.64 bits per heavy atom. The lowest BCUT2D eigenvalue weighted by Gasteiger charge is -2.41. The lowest BCUT2D eigenvalue weighted by Crippen LogP contribution is -2.43. The maximum Gasteiger partial charge on any atom is 0.120 e. The highest BCUT2D eigenvalue weighted by Gasteiger charge is 2.40. The zero-order valence-corrected chi connectivity index (χ0v) is 15.3. The summed E-state index contributed by atoms with van der Waals surface area (Å²) in [5, 5.41) is 11.5. The van der Waals surface area contributed by atoms with E-state index >= 15 is 0 Å². The molecule has 0 bridgehead atoms. The van der Waals surface area contributed by atoms with Gasteiger partial charge in [-0.2, -0.15) is 0 Å². The van der Waals surface area contributed by atoms with E-state index in [1.807, 2.05) is 42.5 Å². The van der Waals surface area contributed by atoms with Crippen molar-refractivity contribution in [2.75, 3.05) is 20.6 Å². The Bertz CT molecular complexity index is 671. The minimum absolute atomic E-state index is 0.264. The topological polar surface area (TPSA) is 32.7 Å². The molecule has 1 aliphatic carbocycles. The molecule has 134 valence electrons. The molecule has 2 aromatic rings. The van der Waals surface area contributed by atoms with Gasteiger partial charge in [-0.15, -0.1) is 0 Å². The van der Waals surface area contributed by atoms with Crippen LogP contribution in [0.4, 0.5) is 0 Å². The molecule has 1 aliphatic rings. The van der Waals surface area contributed by atoms with Gasteiger partial charge < -0.3 is 14.7 Å². The van der Waals surface area contributed by atoms with Crippen molar-refractivity contribution in [3.63, 3.8) is 0 Å². The molecule has 0 radical (unpaired) electrons. The summed E-state index contributed by atoms with van der Waals surface area (Å²) in [6, 6.07) is 18.2. The van der Waals surface area contributed by atoms with Gasteiger partial charge in [0.05, 0.1) is 5.60 Å². The number of hydrogen-bond donors (Lipinski definition) is 1. The fourth-order valence-electron chi connectivity index (χ4n) is 3.89. The predicted molar refractivity (Wildman–Crippen MR) is 102 cm³/mol. The Hall–Kier alpha value is -1.84. The highest BCUT2D eigenvalue weighted by Crippen LogP contribution is 2.42. The molecule has 1 fully saturated rings. The van der Waals surface area contributed by atoms with Crippen LogP contribution in [0.15, 0.2) is 54.6 Å². The first-order valence-corrected chi connectivity index (χ1v) is 9.22. The average molecular weight is 339 g/mol. The van der Waals surface area contributed by atoms with Crippen LogP contribution in [0.1, 0.15) is 36.8 Å². The van der Waals surface area contributed by atoms with Crippen LogP contribution >= 0.6 is 0 Å². The third kappa shape index (κ3) is 4.42. The van der Waals surface area contributed by atoms with Gasteiger partial charge in [-0.05, 0) is 50.2 Å². The van der Waals surface area contributed by atoms with E-state index in [0.717, 1.165) is 42.7 Å². The molecule has 0 aliphatic heterocycles. The SMILES string of the molecule is CN(C)CC1CCCCC1(O)c1cccc(OCc2ccccc2)c1. The largest absolute Gasteiger partial charge is 0.489 e. The van der Waals surface area contributed by atoms with Crippen molar-refractivity contribution in [1.29, 1.82) is 0 Å². The molecular formula is C22H29NO2. The van der Waals surface area contributed by atoms with Gasteiger partial charge in [0.15, 0.2) is 0 Å². The Morgan fingerprint density at radius 1 is 1.08 bits per heavy atom. The van der Waals surface area contributed by atoms with Gasteiger partial charge in [0, 0.05) is 12.5 Å². The van der Waals surface area contributed by atoms with Crippen LogP contribution in [-0.2, 0) is 12.2 Å². The summed E-state index contributed by atoms with van der Waals surface area (Å²) in [5.41, 5.74) is 1.38. The molecule has 3 rings (SSSR count). The Kier molecular flexibility index (Phi) is 5.77. The van der Waals surface area contributed by atoms with Gasteiger partial charge in [-0.25, -0.2) is 0 Å². The van der Waals surface area contributed by atoms with Crippen molar-refractivity contribution in [3.8, 4) is 5.75 Å². The van der Waals surface area contributed by atoms with Crippen molar-refractivity contribution in [2.45, 2.75) is 37.9 Å². The summed E-state index contributed by atoms with van der Waals surface area (Å²) in [7, 11) is 4.16. The van der Waals surface area contributed by atoms with Gasteiger partial charge in [0.2, 0.25) is 0 Å². The second-order valence-corrected chi connectivity index (χ2v) is 7.43. The van der Waals surface area contributed by atoms with Crippen LogP contribution in [0.2, 0.25) is 0 Å². The van der Waals surface area contributed by atoms with Crippen LogP contribution < -0.4 is 4.74 Å². The number of ether oxygens (including phenoxy) is 1. The summed E-state index contributed by atoms with van der Waals surface area (Å²) < 4.78 is 5.96. The molecule has 0 saturated heterocycles. The molecule has 3 nitrogen and oxygen atoms in total. The molecule has 25 heavy (non-hydrogen) atoms. The summed E-state index contributed by atoms with van der Waals surface area (Å²) in [6.45, 7) is 1.45. The fraction of sp³-hybridized carbons (Fsp3) is 0.455. The molecular weight excluding hydrogens is 310 g/mol. The second-order valence-electron chi connectivity index (χ2n) is 7.43.